The van der Waals surface area contributed by atoms with Crippen LogP contribution in [-0.2, 0) is 11.3 Å². The molecule has 1 unspecified atom stereocenters. The minimum absolute atomic E-state index is 0.00691. The Balaban J connectivity index is 2.61. The third kappa shape index (κ3) is 4.25. The monoisotopic (exact) mass is 249 g/mol. The summed E-state index contributed by atoms with van der Waals surface area (Å²) >= 11 is 0. The lowest BCUT2D eigenvalue weighted by Gasteiger charge is -2.08. The first-order valence-electron chi connectivity index (χ1n) is 5.90. The average Bonchev–Trinajstić information content (AvgIpc) is 2.25. The Morgan fingerprint density at radius 3 is 2.61 bits per heavy atom. The highest BCUT2D eigenvalue weighted by Gasteiger charge is 2.08. The number of rotatable bonds is 5. The van der Waals surface area contributed by atoms with E-state index >= 15 is 0 Å². The van der Waals surface area contributed by atoms with Gasteiger partial charge >= 0.3 is 0 Å². The molecule has 0 aliphatic rings. The summed E-state index contributed by atoms with van der Waals surface area (Å²) < 4.78 is 0. The van der Waals surface area contributed by atoms with E-state index in [4.69, 9.17) is 5.73 Å². The lowest BCUT2D eigenvalue weighted by Crippen LogP contribution is -2.29. The molecule has 1 rings (SSSR count). The van der Waals surface area contributed by atoms with Crippen molar-refractivity contribution in [3.63, 3.8) is 0 Å². The third-order valence-corrected chi connectivity index (χ3v) is 2.50. The number of carbonyl (C=O) groups excluding carboxylic acids is 2. The maximum absolute atomic E-state index is 11.4. The normalized spacial score (nSPS) is 12.0. The molecule has 0 aliphatic heterocycles. The molecular weight excluding hydrogens is 230 g/mol. The Morgan fingerprint density at radius 2 is 2.11 bits per heavy atom. The molecule has 1 amide bonds. The Kier molecular flexibility index (Phi) is 4.97. The van der Waals surface area contributed by atoms with Crippen molar-refractivity contribution in [1.29, 1.82) is 0 Å². The molecule has 0 saturated carbocycles. The highest BCUT2D eigenvalue weighted by atomic mass is 16.1. The van der Waals surface area contributed by atoms with Crippen LogP contribution in [0.2, 0.25) is 0 Å². The molecule has 0 fully saturated rings. The molecule has 0 aromatic carbocycles. The molecule has 0 bridgehead atoms. The van der Waals surface area contributed by atoms with Crippen LogP contribution in [0.1, 0.15) is 42.0 Å². The van der Waals surface area contributed by atoms with Crippen LogP contribution >= 0.6 is 0 Å². The topological polar surface area (TPSA) is 85.1 Å². The predicted octanol–water partition coefficient (Wildman–Crippen LogP) is 0.946. The van der Waals surface area contributed by atoms with Gasteiger partial charge < -0.3 is 11.1 Å². The molecule has 1 aromatic heterocycles. The number of Topliss-reactive ketones (excluding diaryl/α,β-unsaturated/α-hetero) is 1. The van der Waals surface area contributed by atoms with Gasteiger partial charge in [-0.15, -0.1) is 0 Å². The molecule has 0 aliphatic carbocycles. The van der Waals surface area contributed by atoms with Gasteiger partial charge in [0.15, 0.2) is 5.78 Å². The zero-order valence-corrected chi connectivity index (χ0v) is 11.0. The molecule has 3 N–H and O–H groups in total. The Bertz CT molecular complexity index is 456. The minimum Gasteiger partial charge on any atom is -0.350 e. The van der Waals surface area contributed by atoms with Crippen molar-refractivity contribution in [3.8, 4) is 0 Å². The summed E-state index contributed by atoms with van der Waals surface area (Å²) in [6.45, 7) is 5.42. The van der Waals surface area contributed by atoms with Crippen molar-refractivity contribution >= 4 is 11.7 Å². The van der Waals surface area contributed by atoms with Crippen molar-refractivity contribution in [2.24, 2.45) is 5.73 Å². The highest BCUT2D eigenvalue weighted by molar-refractivity contribution is 5.95. The molecule has 0 spiro atoms. The zero-order valence-electron chi connectivity index (χ0n) is 11.0. The molecule has 0 radical (unpaired) electrons. The van der Waals surface area contributed by atoms with Gasteiger partial charge in [-0.3, -0.25) is 14.6 Å². The molecule has 1 heterocycles. The molecule has 1 aromatic rings. The van der Waals surface area contributed by atoms with E-state index in [0.29, 0.717) is 24.2 Å². The second-order valence-corrected chi connectivity index (χ2v) is 4.45. The lowest BCUT2D eigenvalue weighted by atomic mass is 10.1. The first kappa shape index (κ1) is 14.3. The van der Waals surface area contributed by atoms with E-state index in [2.05, 4.69) is 10.3 Å². The van der Waals surface area contributed by atoms with Crippen LogP contribution in [0.15, 0.2) is 12.1 Å². The van der Waals surface area contributed by atoms with Crippen LogP contribution in [0, 0.1) is 6.92 Å². The number of pyridine rings is 1. The van der Waals surface area contributed by atoms with E-state index in [9.17, 15) is 9.59 Å². The SMILES string of the molecule is CC(=O)c1ccc(CNC(=O)CC(C)N)nc1C. The van der Waals surface area contributed by atoms with Gasteiger partial charge in [0.2, 0.25) is 5.91 Å². The third-order valence-electron chi connectivity index (χ3n) is 2.50. The van der Waals surface area contributed by atoms with Crippen LogP contribution in [0.4, 0.5) is 0 Å². The summed E-state index contributed by atoms with van der Waals surface area (Å²) in [5.74, 6) is -0.104. The number of carbonyl (C=O) groups is 2. The number of nitrogens with two attached hydrogens (primary N) is 1. The molecule has 5 nitrogen and oxygen atoms in total. The number of hydrogen-bond donors (Lipinski definition) is 2. The van der Waals surface area contributed by atoms with E-state index in [1.807, 2.05) is 0 Å². The Labute approximate surface area is 107 Å². The number of amides is 1. The van der Waals surface area contributed by atoms with Gasteiger partial charge in [-0.2, -0.15) is 0 Å². The number of nitrogens with zero attached hydrogens (tertiary/aromatic N) is 1. The van der Waals surface area contributed by atoms with Crippen LogP contribution in [-0.4, -0.2) is 22.7 Å². The maximum atomic E-state index is 11.4. The number of aromatic nitrogens is 1. The standard InChI is InChI=1S/C13H19N3O2/c1-8(14)6-13(18)15-7-11-4-5-12(10(3)17)9(2)16-11/h4-5,8H,6-7,14H2,1-3H3,(H,15,18). The van der Waals surface area contributed by atoms with Gasteiger partial charge in [-0.25, -0.2) is 0 Å². The van der Waals surface area contributed by atoms with Crippen LogP contribution < -0.4 is 11.1 Å². The molecule has 18 heavy (non-hydrogen) atoms. The van der Waals surface area contributed by atoms with Crippen LogP contribution in [0.3, 0.4) is 0 Å². The fourth-order valence-corrected chi connectivity index (χ4v) is 1.64. The number of nitrogens with one attached hydrogen (secondary N) is 1. The fraction of sp³-hybridized carbons (Fsp3) is 0.462. The highest BCUT2D eigenvalue weighted by Crippen LogP contribution is 2.07. The second kappa shape index (κ2) is 6.26. The van der Waals surface area contributed by atoms with E-state index in [1.165, 1.54) is 6.92 Å². The van der Waals surface area contributed by atoms with Gasteiger partial charge in [0.05, 0.1) is 12.2 Å². The second-order valence-electron chi connectivity index (χ2n) is 4.45. The quantitative estimate of drug-likeness (QED) is 0.761. The van der Waals surface area contributed by atoms with Gasteiger partial charge in [-0.05, 0) is 32.9 Å². The summed E-state index contributed by atoms with van der Waals surface area (Å²) in [6.07, 6.45) is 0.296. The number of ketones is 1. The first-order chi connectivity index (χ1) is 8.40. The van der Waals surface area contributed by atoms with Gasteiger partial charge in [0.1, 0.15) is 0 Å². The molecule has 98 valence electrons. The molecular formula is C13H19N3O2. The zero-order chi connectivity index (χ0) is 13.7. The van der Waals surface area contributed by atoms with E-state index in [-0.39, 0.29) is 17.7 Å². The first-order valence-corrected chi connectivity index (χ1v) is 5.90. The van der Waals surface area contributed by atoms with Crippen molar-refractivity contribution in [2.45, 2.75) is 39.8 Å². The number of aryl methyl sites for hydroxylation is 1. The summed E-state index contributed by atoms with van der Waals surface area (Å²) in [5, 5.41) is 2.74. The van der Waals surface area contributed by atoms with Gasteiger partial charge in [-0.1, -0.05) is 0 Å². The van der Waals surface area contributed by atoms with Crippen LogP contribution in [0.25, 0.3) is 0 Å². The summed E-state index contributed by atoms with van der Waals surface area (Å²) in [5.41, 5.74) is 7.55. The largest absolute Gasteiger partial charge is 0.350 e. The summed E-state index contributed by atoms with van der Waals surface area (Å²) in [4.78, 5) is 26.9. The van der Waals surface area contributed by atoms with E-state index in [1.54, 1.807) is 26.0 Å². The minimum atomic E-state index is -0.153. The van der Waals surface area contributed by atoms with E-state index in [0.717, 1.165) is 5.69 Å². The van der Waals surface area contributed by atoms with Crippen molar-refractivity contribution < 1.29 is 9.59 Å². The van der Waals surface area contributed by atoms with E-state index < -0.39 is 0 Å². The summed E-state index contributed by atoms with van der Waals surface area (Å²) in [7, 11) is 0. The van der Waals surface area contributed by atoms with Crippen molar-refractivity contribution in [3.05, 3.63) is 29.1 Å². The van der Waals surface area contributed by atoms with Gasteiger partial charge in [0, 0.05) is 23.7 Å². The maximum Gasteiger partial charge on any atom is 0.221 e. The average molecular weight is 249 g/mol. The molecule has 0 saturated heterocycles. The lowest BCUT2D eigenvalue weighted by molar-refractivity contribution is -0.121. The fourth-order valence-electron chi connectivity index (χ4n) is 1.64. The smallest absolute Gasteiger partial charge is 0.221 e. The summed E-state index contributed by atoms with van der Waals surface area (Å²) in [6, 6.07) is 3.33. The van der Waals surface area contributed by atoms with Crippen molar-refractivity contribution in [2.75, 3.05) is 0 Å². The van der Waals surface area contributed by atoms with Crippen LogP contribution in [0.5, 0.6) is 0 Å². The molecule has 5 heteroatoms. The predicted molar refractivity (Wildman–Crippen MR) is 69.1 cm³/mol. The molecule has 1 atom stereocenters. The number of hydrogen-bond acceptors (Lipinski definition) is 4. The Hall–Kier alpha value is -1.75. The Morgan fingerprint density at radius 1 is 1.44 bits per heavy atom. The van der Waals surface area contributed by atoms with Gasteiger partial charge in [0.25, 0.3) is 0 Å². The van der Waals surface area contributed by atoms with Crippen molar-refractivity contribution in [1.82, 2.24) is 10.3 Å².